The summed E-state index contributed by atoms with van der Waals surface area (Å²) in [5.41, 5.74) is 0.625. The van der Waals surface area contributed by atoms with Gasteiger partial charge in [-0.1, -0.05) is 111 Å². The van der Waals surface area contributed by atoms with Crippen molar-refractivity contribution in [2.45, 2.75) is 5.66 Å². The van der Waals surface area contributed by atoms with Gasteiger partial charge in [0.1, 0.15) is 0 Å². The summed E-state index contributed by atoms with van der Waals surface area (Å²) in [6, 6.07) is 33.3. The molecule has 2 heteroatoms. The second kappa shape index (κ2) is 8.09. The van der Waals surface area contributed by atoms with Gasteiger partial charge in [0.25, 0.3) is 0 Å². The fourth-order valence-corrected chi connectivity index (χ4v) is 9.14. The minimum atomic E-state index is -0.357. The van der Waals surface area contributed by atoms with Gasteiger partial charge in [0.15, 0.2) is 0 Å². The molecule has 0 nitrogen and oxygen atoms in total. The molecule has 0 spiro atoms. The van der Waals surface area contributed by atoms with Gasteiger partial charge >= 0.3 is 0 Å². The third kappa shape index (κ3) is 3.92. The average molecular weight is 360 g/mol. The number of hydrogen-bond donors (Lipinski definition) is 0. The number of rotatable bonds is 4. The summed E-state index contributed by atoms with van der Waals surface area (Å²) in [7, 11) is -0.447. The third-order valence-electron chi connectivity index (χ3n) is 4.61. The zero-order valence-electron chi connectivity index (χ0n) is 14.2. The molecule has 2 unspecified atom stereocenters. The molecule has 0 aliphatic carbocycles. The van der Waals surface area contributed by atoms with Crippen LogP contribution in [0, 0.1) is 0 Å². The van der Waals surface area contributed by atoms with E-state index in [0.29, 0.717) is 5.66 Å². The monoisotopic (exact) mass is 360 g/mol. The van der Waals surface area contributed by atoms with Gasteiger partial charge in [-0.2, -0.15) is 0 Å². The van der Waals surface area contributed by atoms with Crippen LogP contribution in [-0.4, -0.2) is 18.0 Å². The first-order valence-corrected chi connectivity index (χ1v) is 11.9. The predicted octanol–water partition coefficient (Wildman–Crippen LogP) is 4.87. The molecular formula is C23H22P2. The topological polar surface area (TPSA) is 0 Å². The van der Waals surface area contributed by atoms with Crippen molar-refractivity contribution in [2.24, 2.45) is 0 Å². The second-order valence-corrected chi connectivity index (χ2v) is 11.0. The van der Waals surface area contributed by atoms with Crippen LogP contribution < -0.4 is 15.9 Å². The van der Waals surface area contributed by atoms with E-state index in [1.165, 1.54) is 22.9 Å². The van der Waals surface area contributed by atoms with Crippen molar-refractivity contribution in [3.63, 3.8) is 0 Å². The van der Waals surface area contributed by atoms with Crippen molar-refractivity contribution in [1.82, 2.24) is 0 Å². The van der Waals surface area contributed by atoms with Gasteiger partial charge in [-0.3, -0.25) is 0 Å². The first-order valence-electron chi connectivity index (χ1n) is 8.78. The lowest BCUT2D eigenvalue weighted by Gasteiger charge is -2.32. The Labute approximate surface area is 153 Å². The molecule has 3 aromatic carbocycles. The normalized spacial score (nSPS) is 19.9. The molecule has 0 N–H and O–H groups in total. The highest BCUT2D eigenvalue weighted by molar-refractivity contribution is 7.75. The minimum absolute atomic E-state index is 0.0899. The van der Waals surface area contributed by atoms with Crippen molar-refractivity contribution in [2.75, 3.05) is 12.3 Å². The molecule has 2 atom stereocenters. The van der Waals surface area contributed by atoms with E-state index >= 15 is 0 Å². The van der Waals surface area contributed by atoms with E-state index in [9.17, 15) is 0 Å². The SMILES string of the molecule is C1=CC(P(c2ccccc2)c2ccccc2)CP(c2ccccc2)C1. The smallest absolute Gasteiger partial charge is 0.00931 e. The van der Waals surface area contributed by atoms with Gasteiger partial charge in [-0.05, 0) is 36.2 Å². The van der Waals surface area contributed by atoms with Crippen molar-refractivity contribution in [3.8, 4) is 0 Å². The predicted molar refractivity (Wildman–Crippen MR) is 115 cm³/mol. The summed E-state index contributed by atoms with van der Waals surface area (Å²) in [6.07, 6.45) is 7.45. The van der Waals surface area contributed by atoms with Gasteiger partial charge in [0.2, 0.25) is 0 Å². The summed E-state index contributed by atoms with van der Waals surface area (Å²) < 4.78 is 0. The van der Waals surface area contributed by atoms with E-state index in [4.69, 9.17) is 0 Å². The van der Waals surface area contributed by atoms with Crippen LogP contribution in [-0.2, 0) is 0 Å². The van der Waals surface area contributed by atoms with Crippen LogP contribution in [0.2, 0.25) is 0 Å². The van der Waals surface area contributed by atoms with Crippen molar-refractivity contribution >= 4 is 31.8 Å². The molecule has 0 aromatic heterocycles. The molecule has 0 amide bonds. The lowest BCUT2D eigenvalue weighted by Crippen LogP contribution is -2.26. The number of allylic oxidation sites excluding steroid dienone is 2. The molecule has 1 aliphatic heterocycles. The second-order valence-electron chi connectivity index (χ2n) is 6.28. The zero-order chi connectivity index (χ0) is 16.9. The summed E-state index contributed by atoms with van der Waals surface area (Å²) in [5.74, 6) is 0. The molecule has 25 heavy (non-hydrogen) atoms. The van der Waals surface area contributed by atoms with Gasteiger partial charge in [0, 0.05) is 5.66 Å². The van der Waals surface area contributed by atoms with Crippen LogP contribution in [0.3, 0.4) is 0 Å². The van der Waals surface area contributed by atoms with Crippen molar-refractivity contribution in [3.05, 3.63) is 103 Å². The molecular weight excluding hydrogens is 338 g/mol. The largest absolute Gasteiger partial charge is 0.0832 e. The highest BCUT2D eigenvalue weighted by Crippen LogP contribution is 2.49. The van der Waals surface area contributed by atoms with E-state index in [1.54, 1.807) is 5.30 Å². The Hall–Kier alpha value is -1.74. The molecule has 1 aliphatic rings. The van der Waals surface area contributed by atoms with Gasteiger partial charge < -0.3 is 0 Å². The molecule has 0 fully saturated rings. The summed E-state index contributed by atoms with van der Waals surface area (Å²) in [6.45, 7) is 0. The highest BCUT2D eigenvalue weighted by atomic mass is 31.1. The summed E-state index contributed by atoms with van der Waals surface area (Å²) >= 11 is 0. The fraction of sp³-hybridized carbons (Fsp3) is 0.130. The Bertz CT molecular complexity index is 773. The Kier molecular flexibility index (Phi) is 5.41. The van der Waals surface area contributed by atoms with Crippen molar-refractivity contribution < 1.29 is 0 Å². The maximum Gasteiger partial charge on any atom is 0.00931 e. The molecule has 0 saturated carbocycles. The Morgan fingerprint density at radius 3 is 1.76 bits per heavy atom. The zero-order valence-corrected chi connectivity index (χ0v) is 16.0. The quantitative estimate of drug-likeness (QED) is 0.460. The Morgan fingerprint density at radius 2 is 1.20 bits per heavy atom. The Balaban J connectivity index is 1.68. The summed E-state index contributed by atoms with van der Waals surface area (Å²) in [4.78, 5) is 0. The highest BCUT2D eigenvalue weighted by Gasteiger charge is 2.27. The van der Waals surface area contributed by atoms with Gasteiger partial charge in [-0.25, -0.2) is 0 Å². The third-order valence-corrected chi connectivity index (χ3v) is 10.1. The maximum absolute atomic E-state index is 2.49. The Morgan fingerprint density at radius 1 is 0.680 bits per heavy atom. The van der Waals surface area contributed by atoms with Gasteiger partial charge in [0.05, 0.1) is 0 Å². The first kappa shape index (κ1) is 16.7. The van der Waals surface area contributed by atoms with Crippen LogP contribution in [0.15, 0.2) is 103 Å². The molecule has 0 bridgehead atoms. The van der Waals surface area contributed by atoms with Crippen LogP contribution in [0.4, 0.5) is 0 Å². The summed E-state index contributed by atoms with van der Waals surface area (Å²) in [5, 5.41) is 4.52. The average Bonchev–Trinajstić information content (AvgIpc) is 2.71. The van der Waals surface area contributed by atoms with Crippen LogP contribution in [0.5, 0.6) is 0 Å². The van der Waals surface area contributed by atoms with E-state index in [1.807, 2.05) is 0 Å². The first-order chi connectivity index (χ1) is 12.4. The standard InChI is InChI=1S/C23H22P2/c1-4-11-20(12-5-1)24-18-10-17-23(19-24)25(21-13-6-2-7-14-21)22-15-8-3-9-16-22/h1-17,23H,18-19H2. The lowest BCUT2D eigenvalue weighted by molar-refractivity contribution is 1.21. The van der Waals surface area contributed by atoms with Crippen LogP contribution in [0.1, 0.15) is 0 Å². The van der Waals surface area contributed by atoms with E-state index in [-0.39, 0.29) is 15.8 Å². The molecule has 124 valence electrons. The van der Waals surface area contributed by atoms with Crippen LogP contribution in [0.25, 0.3) is 0 Å². The van der Waals surface area contributed by atoms with E-state index < -0.39 is 0 Å². The molecule has 1 heterocycles. The lowest BCUT2D eigenvalue weighted by atomic mass is 10.4. The minimum Gasteiger partial charge on any atom is -0.0832 e. The number of hydrogen-bond acceptors (Lipinski definition) is 0. The molecule has 0 saturated heterocycles. The molecule has 0 radical (unpaired) electrons. The van der Waals surface area contributed by atoms with E-state index in [2.05, 4.69) is 103 Å². The van der Waals surface area contributed by atoms with Gasteiger partial charge in [-0.15, -0.1) is 0 Å². The maximum atomic E-state index is 2.49. The van der Waals surface area contributed by atoms with Crippen LogP contribution >= 0.6 is 15.8 Å². The van der Waals surface area contributed by atoms with Crippen molar-refractivity contribution in [1.29, 1.82) is 0 Å². The number of benzene rings is 3. The van der Waals surface area contributed by atoms with E-state index in [0.717, 1.165) is 0 Å². The molecule has 4 rings (SSSR count). The molecule has 3 aromatic rings. The fourth-order valence-electron chi connectivity index (χ4n) is 3.43.